The highest BCUT2D eigenvalue weighted by Gasteiger charge is 2.14. The molecule has 0 aliphatic heterocycles. The number of benzene rings is 2. The molecule has 1 heterocycles. The Kier molecular flexibility index (Phi) is 6.18. The quantitative estimate of drug-likeness (QED) is 0.495. The molecular formula is C20H19NS2. The summed E-state index contributed by atoms with van der Waals surface area (Å²) in [7, 11) is 0. The second kappa shape index (κ2) is 8.80. The first-order valence-corrected chi connectivity index (χ1v) is 9.73. The molecule has 2 aromatic carbocycles. The van der Waals surface area contributed by atoms with Crippen LogP contribution in [0.15, 0.2) is 85.1 Å². The number of aromatic nitrogens is 1. The zero-order valence-corrected chi connectivity index (χ0v) is 14.5. The van der Waals surface area contributed by atoms with Gasteiger partial charge in [-0.25, -0.2) is 0 Å². The number of nitrogens with zero attached hydrogens (tertiary/aromatic N) is 1. The standard InChI is InChI=1S/C20H19NS2/c1-3-9-17(10-4-1)15-22-20(19-13-7-8-14-21-19)23-16-18-11-5-2-6-12-18/h1-14,20H,15-16H2. The van der Waals surface area contributed by atoms with Gasteiger partial charge in [0.25, 0.3) is 0 Å². The molecular weight excluding hydrogens is 318 g/mol. The van der Waals surface area contributed by atoms with Crippen LogP contribution in [0.25, 0.3) is 0 Å². The van der Waals surface area contributed by atoms with Crippen LogP contribution in [0.3, 0.4) is 0 Å². The SMILES string of the molecule is c1ccc(CSC(SCc2ccccc2)c2ccccn2)cc1. The molecule has 0 amide bonds. The summed E-state index contributed by atoms with van der Waals surface area (Å²) in [6.07, 6.45) is 1.88. The fourth-order valence-electron chi connectivity index (χ4n) is 2.23. The van der Waals surface area contributed by atoms with Crippen LogP contribution in [0.5, 0.6) is 0 Å². The molecule has 0 aliphatic carbocycles. The molecule has 3 heteroatoms. The van der Waals surface area contributed by atoms with Crippen molar-refractivity contribution in [3.63, 3.8) is 0 Å². The summed E-state index contributed by atoms with van der Waals surface area (Å²) in [5.74, 6) is 2.01. The molecule has 23 heavy (non-hydrogen) atoms. The van der Waals surface area contributed by atoms with Crippen molar-refractivity contribution < 1.29 is 0 Å². The Bertz CT molecular complexity index is 643. The van der Waals surface area contributed by atoms with Crippen molar-refractivity contribution in [3.8, 4) is 0 Å². The minimum atomic E-state index is 0.344. The van der Waals surface area contributed by atoms with Crippen LogP contribution < -0.4 is 0 Å². The van der Waals surface area contributed by atoms with Crippen molar-refractivity contribution in [3.05, 3.63) is 102 Å². The Morgan fingerprint density at radius 3 is 1.65 bits per heavy atom. The van der Waals surface area contributed by atoms with Gasteiger partial charge in [-0.15, -0.1) is 23.5 Å². The lowest BCUT2D eigenvalue weighted by molar-refractivity contribution is 1.15. The fraction of sp³-hybridized carbons (Fsp3) is 0.150. The second-order valence-corrected chi connectivity index (χ2v) is 7.66. The lowest BCUT2D eigenvalue weighted by Gasteiger charge is -2.16. The van der Waals surface area contributed by atoms with Crippen molar-refractivity contribution in [2.75, 3.05) is 0 Å². The van der Waals surface area contributed by atoms with E-state index in [2.05, 4.69) is 77.8 Å². The molecule has 3 aromatic rings. The molecule has 0 N–H and O–H groups in total. The van der Waals surface area contributed by atoms with Gasteiger partial charge in [0.1, 0.15) is 0 Å². The van der Waals surface area contributed by atoms with E-state index < -0.39 is 0 Å². The summed E-state index contributed by atoms with van der Waals surface area (Å²) in [6.45, 7) is 0. The maximum absolute atomic E-state index is 4.56. The van der Waals surface area contributed by atoms with E-state index in [4.69, 9.17) is 0 Å². The molecule has 1 aromatic heterocycles. The summed E-state index contributed by atoms with van der Waals surface area (Å²) in [6, 6.07) is 27.4. The first-order valence-electron chi connectivity index (χ1n) is 7.64. The summed E-state index contributed by atoms with van der Waals surface area (Å²) >= 11 is 3.89. The number of pyridine rings is 1. The van der Waals surface area contributed by atoms with E-state index in [1.807, 2.05) is 35.8 Å². The van der Waals surface area contributed by atoms with Crippen molar-refractivity contribution in [1.82, 2.24) is 4.98 Å². The minimum Gasteiger partial charge on any atom is -0.259 e. The molecule has 0 saturated carbocycles. The molecule has 0 bridgehead atoms. The molecule has 116 valence electrons. The van der Waals surface area contributed by atoms with Gasteiger partial charge < -0.3 is 0 Å². The van der Waals surface area contributed by atoms with Crippen LogP contribution in [0.4, 0.5) is 0 Å². The molecule has 0 atom stereocenters. The normalized spacial score (nSPS) is 10.8. The lowest BCUT2D eigenvalue weighted by atomic mass is 10.2. The van der Waals surface area contributed by atoms with Crippen molar-refractivity contribution >= 4 is 23.5 Å². The molecule has 0 radical (unpaired) electrons. The van der Waals surface area contributed by atoms with Crippen LogP contribution in [-0.2, 0) is 11.5 Å². The Hall–Kier alpha value is -1.71. The van der Waals surface area contributed by atoms with Crippen molar-refractivity contribution in [2.45, 2.75) is 16.1 Å². The minimum absolute atomic E-state index is 0.344. The van der Waals surface area contributed by atoms with E-state index >= 15 is 0 Å². The van der Waals surface area contributed by atoms with Crippen LogP contribution in [0.2, 0.25) is 0 Å². The predicted molar refractivity (Wildman–Crippen MR) is 102 cm³/mol. The van der Waals surface area contributed by atoms with E-state index in [9.17, 15) is 0 Å². The van der Waals surface area contributed by atoms with E-state index in [0.717, 1.165) is 17.2 Å². The van der Waals surface area contributed by atoms with Gasteiger partial charge in [0.2, 0.25) is 0 Å². The molecule has 3 rings (SSSR count). The van der Waals surface area contributed by atoms with Crippen molar-refractivity contribution in [1.29, 1.82) is 0 Å². The first kappa shape index (κ1) is 16.2. The zero-order chi connectivity index (χ0) is 15.7. The fourth-order valence-corrected chi connectivity index (χ4v) is 4.71. The van der Waals surface area contributed by atoms with E-state index in [-0.39, 0.29) is 0 Å². The summed E-state index contributed by atoms with van der Waals surface area (Å²) < 4.78 is 0.344. The zero-order valence-electron chi connectivity index (χ0n) is 12.8. The van der Waals surface area contributed by atoms with Gasteiger partial charge in [0, 0.05) is 17.7 Å². The first-order chi connectivity index (χ1) is 11.4. The van der Waals surface area contributed by atoms with Crippen LogP contribution in [0, 0.1) is 0 Å². The lowest BCUT2D eigenvalue weighted by Crippen LogP contribution is -1.95. The Morgan fingerprint density at radius 2 is 1.17 bits per heavy atom. The third-order valence-electron chi connectivity index (χ3n) is 3.42. The predicted octanol–water partition coefficient (Wildman–Crippen LogP) is 5.95. The number of thioether (sulfide) groups is 2. The Labute approximate surface area is 146 Å². The summed E-state index contributed by atoms with van der Waals surface area (Å²) in [5, 5.41) is 0. The van der Waals surface area contributed by atoms with Gasteiger partial charge in [-0.3, -0.25) is 4.98 Å². The van der Waals surface area contributed by atoms with Gasteiger partial charge in [-0.2, -0.15) is 0 Å². The van der Waals surface area contributed by atoms with E-state index in [1.54, 1.807) is 0 Å². The van der Waals surface area contributed by atoms with Gasteiger partial charge in [0.15, 0.2) is 0 Å². The second-order valence-electron chi connectivity index (χ2n) is 5.18. The monoisotopic (exact) mass is 337 g/mol. The summed E-state index contributed by atoms with van der Waals surface area (Å²) in [5.41, 5.74) is 3.87. The maximum Gasteiger partial charge on any atom is 0.0928 e. The molecule has 1 nitrogen and oxygen atoms in total. The number of rotatable bonds is 7. The molecule has 0 saturated heterocycles. The van der Waals surface area contributed by atoms with Gasteiger partial charge in [-0.1, -0.05) is 66.7 Å². The molecule has 0 fully saturated rings. The number of hydrogen-bond donors (Lipinski definition) is 0. The Morgan fingerprint density at radius 1 is 0.652 bits per heavy atom. The van der Waals surface area contributed by atoms with Gasteiger partial charge >= 0.3 is 0 Å². The maximum atomic E-state index is 4.56. The van der Waals surface area contributed by atoms with Gasteiger partial charge in [0.05, 0.1) is 10.3 Å². The highest BCUT2D eigenvalue weighted by atomic mass is 32.2. The topological polar surface area (TPSA) is 12.9 Å². The highest BCUT2D eigenvalue weighted by molar-refractivity contribution is 8.15. The molecule has 0 unspecified atom stereocenters. The third kappa shape index (κ3) is 5.15. The van der Waals surface area contributed by atoms with E-state index in [1.165, 1.54) is 11.1 Å². The number of hydrogen-bond acceptors (Lipinski definition) is 3. The Balaban J connectivity index is 1.66. The van der Waals surface area contributed by atoms with Crippen LogP contribution in [0.1, 0.15) is 21.4 Å². The smallest absolute Gasteiger partial charge is 0.0928 e. The van der Waals surface area contributed by atoms with Crippen LogP contribution >= 0.6 is 23.5 Å². The average Bonchev–Trinajstić information content (AvgIpc) is 2.64. The van der Waals surface area contributed by atoms with Gasteiger partial charge in [-0.05, 0) is 23.3 Å². The highest BCUT2D eigenvalue weighted by Crippen LogP contribution is 2.41. The summed E-state index contributed by atoms with van der Waals surface area (Å²) in [4.78, 5) is 4.56. The molecule has 0 spiro atoms. The van der Waals surface area contributed by atoms with Crippen molar-refractivity contribution in [2.24, 2.45) is 0 Å². The average molecular weight is 338 g/mol. The largest absolute Gasteiger partial charge is 0.259 e. The third-order valence-corrected chi connectivity index (χ3v) is 6.32. The van der Waals surface area contributed by atoms with E-state index in [0.29, 0.717) is 4.58 Å². The molecule has 0 aliphatic rings. The van der Waals surface area contributed by atoms with Crippen LogP contribution in [-0.4, -0.2) is 4.98 Å².